The molecule has 1 heterocycles. The van der Waals surface area contributed by atoms with Gasteiger partial charge in [0.25, 0.3) is 5.91 Å². The number of carbonyl (C=O) groups excluding carboxylic acids is 1. The molecule has 0 radical (unpaired) electrons. The highest BCUT2D eigenvalue weighted by Gasteiger charge is 2.58. The molecule has 6 nitrogen and oxygen atoms in total. The van der Waals surface area contributed by atoms with Crippen molar-refractivity contribution in [1.29, 1.82) is 0 Å². The monoisotopic (exact) mass is 451 g/mol. The van der Waals surface area contributed by atoms with Crippen LogP contribution in [-0.2, 0) is 16.2 Å². The van der Waals surface area contributed by atoms with Crippen molar-refractivity contribution in [2.75, 3.05) is 6.61 Å². The molecular formula is C27H37N3O3. The predicted molar refractivity (Wildman–Crippen MR) is 127 cm³/mol. The van der Waals surface area contributed by atoms with E-state index in [2.05, 4.69) is 35.4 Å². The second-order valence-electron chi connectivity index (χ2n) is 11.1. The van der Waals surface area contributed by atoms with Gasteiger partial charge in [-0.3, -0.25) is 9.78 Å². The van der Waals surface area contributed by atoms with Crippen molar-refractivity contribution < 1.29 is 14.7 Å². The van der Waals surface area contributed by atoms with Crippen LogP contribution in [0.3, 0.4) is 0 Å². The second-order valence-corrected chi connectivity index (χ2v) is 11.1. The summed E-state index contributed by atoms with van der Waals surface area (Å²) in [7, 11) is 0. The molecule has 0 spiro atoms. The molecule has 3 fully saturated rings. The number of rotatable bonds is 5. The third-order valence-electron chi connectivity index (χ3n) is 9.52. The molecule has 0 saturated heterocycles. The highest BCUT2D eigenvalue weighted by Crippen LogP contribution is 2.65. The van der Waals surface area contributed by atoms with Gasteiger partial charge in [0, 0.05) is 18.9 Å². The van der Waals surface area contributed by atoms with Crippen LogP contribution in [0.4, 0.5) is 0 Å². The molecule has 0 bridgehead atoms. The van der Waals surface area contributed by atoms with E-state index < -0.39 is 0 Å². The minimum absolute atomic E-state index is 0.0719. The molecule has 6 atom stereocenters. The smallest absolute Gasteiger partial charge is 0.261 e. The number of aliphatic hydroxyl groups excluding tert-OH is 1. The summed E-state index contributed by atoms with van der Waals surface area (Å²) in [6, 6.07) is 3.78. The average molecular weight is 452 g/mol. The molecule has 1 aromatic rings. The van der Waals surface area contributed by atoms with E-state index >= 15 is 0 Å². The van der Waals surface area contributed by atoms with Crippen molar-refractivity contribution in [3.8, 4) is 0 Å². The number of amides is 1. The lowest BCUT2D eigenvalue weighted by molar-refractivity contribution is -0.125. The summed E-state index contributed by atoms with van der Waals surface area (Å²) in [5.41, 5.74) is 3.79. The Balaban J connectivity index is 1.19. The van der Waals surface area contributed by atoms with E-state index in [1.54, 1.807) is 12.4 Å². The summed E-state index contributed by atoms with van der Waals surface area (Å²) in [4.78, 5) is 21.5. The predicted octanol–water partition coefficient (Wildman–Crippen LogP) is 4.39. The van der Waals surface area contributed by atoms with Crippen LogP contribution in [0, 0.1) is 28.6 Å². The highest BCUT2D eigenvalue weighted by atomic mass is 16.6. The third kappa shape index (κ3) is 4.11. The van der Waals surface area contributed by atoms with Gasteiger partial charge in [-0.25, -0.2) is 0 Å². The second kappa shape index (κ2) is 8.86. The number of fused-ring (bicyclic) bond motifs is 5. The fourth-order valence-corrected chi connectivity index (χ4v) is 7.54. The summed E-state index contributed by atoms with van der Waals surface area (Å²) < 4.78 is 0. The van der Waals surface area contributed by atoms with Crippen LogP contribution in [-0.4, -0.2) is 34.4 Å². The first-order valence-electron chi connectivity index (χ1n) is 12.6. The molecule has 4 unspecified atom stereocenters. The Morgan fingerprint density at radius 3 is 2.91 bits per heavy atom. The zero-order chi connectivity index (χ0) is 23.1. The van der Waals surface area contributed by atoms with Crippen LogP contribution in [0.5, 0.6) is 0 Å². The van der Waals surface area contributed by atoms with Gasteiger partial charge in [0.1, 0.15) is 0 Å². The Morgan fingerprint density at radius 2 is 2.09 bits per heavy atom. The number of nitrogens with one attached hydrogen (secondary N) is 1. The van der Waals surface area contributed by atoms with Crippen LogP contribution < -0.4 is 5.32 Å². The Hall–Kier alpha value is -2.21. The van der Waals surface area contributed by atoms with Gasteiger partial charge in [-0.15, -0.1) is 0 Å². The van der Waals surface area contributed by atoms with Gasteiger partial charge < -0.3 is 15.3 Å². The van der Waals surface area contributed by atoms with Crippen LogP contribution >= 0.6 is 0 Å². The van der Waals surface area contributed by atoms with Crippen molar-refractivity contribution in [3.05, 3.63) is 41.7 Å². The van der Waals surface area contributed by atoms with Gasteiger partial charge >= 0.3 is 0 Å². The molecule has 4 aliphatic rings. The van der Waals surface area contributed by atoms with E-state index in [9.17, 15) is 9.90 Å². The van der Waals surface area contributed by atoms with Crippen molar-refractivity contribution in [1.82, 2.24) is 10.3 Å². The van der Waals surface area contributed by atoms with Gasteiger partial charge in [-0.2, -0.15) is 0 Å². The van der Waals surface area contributed by atoms with Crippen LogP contribution in [0.25, 0.3) is 0 Å². The topological polar surface area (TPSA) is 83.8 Å². The van der Waals surface area contributed by atoms with E-state index in [1.165, 1.54) is 24.8 Å². The van der Waals surface area contributed by atoms with Crippen molar-refractivity contribution in [3.63, 3.8) is 0 Å². The molecule has 0 aliphatic heterocycles. The fourth-order valence-electron chi connectivity index (χ4n) is 7.54. The first-order chi connectivity index (χ1) is 15.9. The molecule has 1 aromatic heterocycles. The van der Waals surface area contributed by atoms with Crippen molar-refractivity contribution >= 4 is 11.6 Å². The zero-order valence-corrected chi connectivity index (χ0v) is 19.9. The van der Waals surface area contributed by atoms with E-state index in [-0.39, 0.29) is 29.4 Å². The molecule has 3 saturated carbocycles. The van der Waals surface area contributed by atoms with Crippen LogP contribution in [0.15, 0.2) is 41.3 Å². The quantitative estimate of drug-likeness (QED) is 0.650. The molecule has 0 aromatic carbocycles. The maximum Gasteiger partial charge on any atom is 0.261 e. The minimum atomic E-state index is -0.180. The number of pyridine rings is 1. The lowest BCUT2D eigenvalue weighted by Crippen LogP contribution is -2.51. The van der Waals surface area contributed by atoms with E-state index in [4.69, 9.17) is 4.84 Å². The number of aliphatic hydroxyl groups is 1. The molecule has 4 aliphatic carbocycles. The molecule has 2 N–H and O–H groups in total. The molecule has 178 valence electrons. The SMILES string of the molecule is C[C@]12CCC3C(CCC4=C/C(=N\OCC(=O)NCc5cccnc5)CC[C@@]43C)C1CCC2O. The van der Waals surface area contributed by atoms with Gasteiger partial charge in [0.05, 0.1) is 11.8 Å². The normalized spacial score (nSPS) is 38.6. The molecule has 6 heteroatoms. The molecule has 33 heavy (non-hydrogen) atoms. The lowest BCUT2D eigenvalue weighted by Gasteiger charge is -2.57. The summed E-state index contributed by atoms with van der Waals surface area (Å²) in [6.45, 7) is 5.18. The van der Waals surface area contributed by atoms with Gasteiger partial charge in [-0.1, -0.05) is 30.6 Å². The van der Waals surface area contributed by atoms with E-state index in [0.717, 1.165) is 49.3 Å². The molecule has 1 amide bonds. The first kappa shape index (κ1) is 22.6. The largest absolute Gasteiger partial charge is 0.393 e. The van der Waals surface area contributed by atoms with Crippen LogP contribution in [0.1, 0.15) is 70.8 Å². The van der Waals surface area contributed by atoms with Crippen molar-refractivity contribution in [2.45, 2.75) is 77.9 Å². The standard InChI is InChI=1S/C27H37N3O3/c1-26-11-9-20(30-33-17-25(32)29-16-18-4-3-13-28-15-18)14-19(26)5-6-21-22-7-8-24(31)27(22,2)12-10-23(21)26/h3-4,13-15,21-24,31H,5-12,16-17H2,1-2H3,(H,29,32)/b30-20-/t21?,22?,23?,24?,26-,27-/m0/s1. The number of hydrogen-bond donors (Lipinski definition) is 2. The Bertz CT molecular complexity index is 945. The fraction of sp³-hybridized carbons (Fsp3) is 0.667. The third-order valence-corrected chi connectivity index (χ3v) is 9.52. The van der Waals surface area contributed by atoms with Gasteiger partial charge in [0.15, 0.2) is 6.61 Å². The lowest BCUT2D eigenvalue weighted by atomic mass is 9.47. The molecular weight excluding hydrogens is 414 g/mol. The Morgan fingerprint density at radius 1 is 1.21 bits per heavy atom. The number of carbonyl (C=O) groups is 1. The summed E-state index contributed by atoms with van der Waals surface area (Å²) in [5, 5.41) is 17.8. The summed E-state index contributed by atoms with van der Waals surface area (Å²) >= 11 is 0. The minimum Gasteiger partial charge on any atom is -0.393 e. The van der Waals surface area contributed by atoms with Crippen LogP contribution in [0.2, 0.25) is 0 Å². The summed E-state index contributed by atoms with van der Waals surface area (Å²) in [6.07, 6.45) is 14.5. The Kier molecular flexibility index (Phi) is 6.06. The van der Waals surface area contributed by atoms with E-state index in [1.807, 2.05) is 12.1 Å². The maximum absolute atomic E-state index is 12.1. The zero-order valence-electron chi connectivity index (χ0n) is 19.9. The maximum atomic E-state index is 12.1. The number of aromatic nitrogens is 1. The average Bonchev–Trinajstić information content (AvgIpc) is 3.13. The first-order valence-corrected chi connectivity index (χ1v) is 12.6. The van der Waals surface area contributed by atoms with Gasteiger partial charge in [-0.05, 0) is 97.7 Å². The van der Waals surface area contributed by atoms with Gasteiger partial charge in [0.2, 0.25) is 0 Å². The van der Waals surface area contributed by atoms with E-state index in [0.29, 0.717) is 18.4 Å². The molecule has 5 rings (SSSR count). The van der Waals surface area contributed by atoms with Crippen molar-refractivity contribution in [2.24, 2.45) is 33.7 Å². The highest BCUT2D eigenvalue weighted by molar-refractivity contribution is 5.96. The number of nitrogens with zero attached hydrogens (tertiary/aromatic N) is 2. The number of oxime groups is 1. The Labute approximate surface area is 196 Å². The number of hydrogen-bond acceptors (Lipinski definition) is 5. The summed E-state index contributed by atoms with van der Waals surface area (Å²) in [5.74, 6) is 1.94. The number of allylic oxidation sites excluding steroid dienone is 2.